The minimum absolute atomic E-state index is 0.0762. The van der Waals surface area contributed by atoms with Crippen LogP contribution >= 0.6 is 0 Å². The van der Waals surface area contributed by atoms with Crippen LogP contribution in [0.2, 0.25) is 0 Å². The van der Waals surface area contributed by atoms with Gasteiger partial charge in [-0.3, -0.25) is 0 Å². The summed E-state index contributed by atoms with van der Waals surface area (Å²) in [6.45, 7) is 0. The molecule has 1 aliphatic rings. The van der Waals surface area contributed by atoms with Crippen molar-refractivity contribution in [3.05, 3.63) is 18.2 Å². The van der Waals surface area contributed by atoms with Crippen molar-refractivity contribution in [3.63, 3.8) is 0 Å². The smallest absolute Gasteiger partial charge is 0.244 e. The third kappa shape index (κ3) is 2.28. The predicted molar refractivity (Wildman–Crippen MR) is 60.7 cm³/mol. The zero-order valence-corrected chi connectivity index (χ0v) is 9.75. The second-order valence-electron chi connectivity index (χ2n) is 3.81. The van der Waals surface area contributed by atoms with E-state index in [2.05, 4.69) is 4.72 Å². The summed E-state index contributed by atoms with van der Waals surface area (Å²) >= 11 is 0. The summed E-state index contributed by atoms with van der Waals surface area (Å²) in [4.78, 5) is 0.135. The third-order valence-electron chi connectivity index (χ3n) is 2.38. The van der Waals surface area contributed by atoms with Gasteiger partial charge in [0.25, 0.3) is 0 Å². The molecule has 1 saturated carbocycles. The molecule has 0 radical (unpaired) electrons. The van der Waals surface area contributed by atoms with Crippen molar-refractivity contribution >= 4 is 15.7 Å². The molecule has 0 amide bonds. The lowest BCUT2D eigenvalue weighted by Gasteiger charge is -2.10. The molecular formula is C10H14N2O3S. The van der Waals surface area contributed by atoms with Gasteiger partial charge in [-0.15, -0.1) is 0 Å². The standard InChI is InChI=1S/C10H14N2O3S/c1-15-9-6-7(11)2-5-10(9)16(13,14)12-8-3-4-8/h2,5-6,8,12H,3-4,11H2,1H3. The number of anilines is 1. The van der Waals surface area contributed by atoms with Crippen molar-refractivity contribution < 1.29 is 13.2 Å². The van der Waals surface area contributed by atoms with Crippen molar-refractivity contribution in [2.45, 2.75) is 23.8 Å². The van der Waals surface area contributed by atoms with E-state index >= 15 is 0 Å². The lowest BCUT2D eigenvalue weighted by Crippen LogP contribution is -2.26. The average Bonchev–Trinajstić information content (AvgIpc) is 3.00. The van der Waals surface area contributed by atoms with E-state index in [1.165, 1.54) is 19.2 Å². The van der Waals surface area contributed by atoms with Crippen LogP contribution in [0.15, 0.2) is 23.1 Å². The second-order valence-corrected chi connectivity index (χ2v) is 5.49. The Bertz CT molecular complexity index is 495. The van der Waals surface area contributed by atoms with Crippen LogP contribution < -0.4 is 15.2 Å². The minimum Gasteiger partial charge on any atom is -0.495 e. The molecular weight excluding hydrogens is 228 g/mol. The summed E-state index contributed by atoms with van der Waals surface area (Å²) in [7, 11) is -2.07. The summed E-state index contributed by atoms with van der Waals surface area (Å²) < 4.78 is 31.5. The number of ether oxygens (including phenoxy) is 1. The maximum atomic E-state index is 11.9. The van der Waals surface area contributed by atoms with E-state index in [4.69, 9.17) is 10.5 Å². The molecule has 1 aliphatic carbocycles. The summed E-state index contributed by atoms with van der Waals surface area (Å²) in [5, 5.41) is 0. The van der Waals surface area contributed by atoms with Crippen molar-refractivity contribution in [1.29, 1.82) is 0 Å². The summed E-state index contributed by atoms with van der Waals surface area (Å²) in [6, 6.07) is 4.58. The number of sulfonamides is 1. The molecule has 88 valence electrons. The Balaban J connectivity index is 2.37. The van der Waals surface area contributed by atoms with E-state index in [0.717, 1.165) is 12.8 Å². The molecule has 0 spiro atoms. The Morgan fingerprint density at radius 2 is 2.12 bits per heavy atom. The van der Waals surface area contributed by atoms with Gasteiger partial charge in [0.05, 0.1) is 7.11 Å². The molecule has 3 N–H and O–H groups in total. The Morgan fingerprint density at radius 1 is 1.44 bits per heavy atom. The predicted octanol–water partition coefficient (Wildman–Crippen LogP) is 0.718. The van der Waals surface area contributed by atoms with Gasteiger partial charge in [-0.25, -0.2) is 13.1 Å². The Kier molecular flexibility index (Phi) is 2.77. The van der Waals surface area contributed by atoms with Crippen LogP contribution in [0.4, 0.5) is 5.69 Å². The normalized spacial score (nSPS) is 16.1. The highest BCUT2D eigenvalue weighted by Gasteiger charge is 2.29. The van der Waals surface area contributed by atoms with Crippen LogP contribution in [-0.4, -0.2) is 21.6 Å². The molecule has 5 nitrogen and oxygen atoms in total. The van der Waals surface area contributed by atoms with Crippen LogP contribution in [0.25, 0.3) is 0 Å². The molecule has 16 heavy (non-hydrogen) atoms. The van der Waals surface area contributed by atoms with Crippen LogP contribution in [0, 0.1) is 0 Å². The summed E-state index contributed by atoms with van der Waals surface area (Å²) in [6.07, 6.45) is 1.80. The number of nitrogens with one attached hydrogen (secondary N) is 1. The lowest BCUT2D eigenvalue weighted by atomic mass is 10.3. The molecule has 0 saturated heterocycles. The highest BCUT2D eigenvalue weighted by Crippen LogP contribution is 2.28. The average molecular weight is 242 g/mol. The van der Waals surface area contributed by atoms with Crippen molar-refractivity contribution in [3.8, 4) is 5.75 Å². The molecule has 2 rings (SSSR count). The first-order chi connectivity index (χ1) is 7.53. The molecule has 6 heteroatoms. The van der Waals surface area contributed by atoms with Gasteiger partial charge >= 0.3 is 0 Å². The van der Waals surface area contributed by atoms with E-state index in [9.17, 15) is 8.42 Å². The lowest BCUT2D eigenvalue weighted by molar-refractivity contribution is 0.402. The van der Waals surface area contributed by atoms with Crippen LogP contribution in [0.3, 0.4) is 0 Å². The highest BCUT2D eigenvalue weighted by molar-refractivity contribution is 7.89. The van der Waals surface area contributed by atoms with E-state index < -0.39 is 10.0 Å². The van der Waals surface area contributed by atoms with Gasteiger partial charge in [0, 0.05) is 17.8 Å². The molecule has 1 fully saturated rings. The minimum atomic E-state index is -3.49. The molecule has 0 heterocycles. The van der Waals surface area contributed by atoms with Crippen LogP contribution in [0.1, 0.15) is 12.8 Å². The molecule has 0 aromatic heterocycles. The fraction of sp³-hybridized carbons (Fsp3) is 0.400. The van der Waals surface area contributed by atoms with Gasteiger partial charge in [-0.1, -0.05) is 0 Å². The summed E-state index contributed by atoms with van der Waals surface area (Å²) in [5.41, 5.74) is 6.04. The second kappa shape index (κ2) is 3.95. The van der Waals surface area contributed by atoms with Gasteiger partial charge in [0.15, 0.2) is 0 Å². The summed E-state index contributed by atoms with van der Waals surface area (Å²) in [5.74, 6) is 0.271. The van der Waals surface area contributed by atoms with Gasteiger partial charge < -0.3 is 10.5 Å². The number of nitrogen functional groups attached to an aromatic ring is 1. The van der Waals surface area contributed by atoms with E-state index in [-0.39, 0.29) is 16.7 Å². The maximum Gasteiger partial charge on any atom is 0.244 e. The van der Waals surface area contributed by atoms with E-state index in [1.54, 1.807) is 6.07 Å². The number of methoxy groups -OCH3 is 1. The molecule has 1 aromatic rings. The number of rotatable bonds is 4. The number of hydrogen-bond acceptors (Lipinski definition) is 4. The number of benzene rings is 1. The molecule has 0 bridgehead atoms. The Morgan fingerprint density at radius 3 is 2.69 bits per heavy atom. The topological polar surface area (TPSA) is 81.4 Å². The Hall–Kier alpha value is -1.27. The third-order valence-corrected chi connectivity index (χ3v) is 3.94. The quantitative estimate of drug-likeness (QED) is 0.762. The van der Waals surface area contributed by atoms with E-state index in [0.29, 0.717) is 5.69 Å². The molecule has 0 unspecified atom stereocenters. The van der Waals surface area contributed by atoms with Gasteiger partial charge in [0.2, 0.25) is 10.0 Å². The SMILES string of the molecule is COc1cc(N)ccc1S(=O)(=O)NC1CC1. The first-order valence-corrected chi connectivity index (χ1v) is 6.47. The molecule has 0 aliphatic heterocycles. The Labute approximate surface area is 94.6 Å². The number of nitrogens with two attached hydrogens (primary N) is 1. The van der Waals surface area contributed by atoms with Gasteiger partial charge in [0.1, 0.15) is 10.6 Å². The number of hydrogen-bond donors (Lipinski definition) is 2. The fourth-order valence-corrected chi connectivity index (χ4v) is 2.85. The zero-order valence-electron chi connectivity index (χ0n) is 8.93. The van der Waals surface area contributed by atoms with Crippen molar-refractivity contribution in [2.75, 3.05) is 12.8 Å². The highest BCUT2D eigenvalue weighted by atomic mass is 32.2. The fourth-order valence-electron chi connectivity index (χ4n) is 1.39. The molecule has 0 atom stereocenters. The molecule has 1 aromatic carbocycles. The van der Waals surface area contributed by atoms with Crippen LogP contribution in [0.5, 0.6) is 5.75 Å². The van der Waals surface area contributed by atoms with Crippen molar-refractivity contribution in [2.24, 2.45) is 0 Å². The monoisotopic (exact) mass is 242 g/mol. The van der Waals surface area contributed by atoms with Crippen LogP contribution in [-0.2, 0) is 10.0 Å². The first kappa shape index (κ1) is 11.2. The maximum absolute atomic E-state index is 11.9. The first-order valence-electron chi connectivity index (χ1n) is 4.99. The van der Waals surface area contributed by atoms with E-state index in [1.807, 2.05) is 0 Å². The van der Waals surface area contributed by atoms with Crippen molar-refractivity contribution in [1.82, 2.24) is 4.72 Å². The zero-order chi connectivity index (χ0) is 11.8. The largest absolute Gasteiger partial charge is 0.495 e. The van der Waals surface area contributed by atoms with Gasteiger partial charge in [-0.2, -0.15) is 0 Å². The van der Waals surface area contributed by atoms with Gasteiger partial charge in [-0.05, 0) is 25.0 Å².